The van der Waals surface area contributed by atoms with Crippen molar-refractivity contribution >= 4 is 27.3 Å². The monoisotopic (exact) mass is 466 g/mol. The summed E-state index contributed by atoms with van der Waals surface area (Å²) in [5.74, 6) is 1.04. The molecule has 1 N–H and O–H groups in total. The molecule has 1 aromatic heterocycles. The van der Waals surface area contributed by atoms with Crippen LogP contribution in [0.15, 0.2) is 39.9 Å². The summed E-state index contributed by atoms with van der Waals surface area (Å²) < 4.78 is 38.2. The number of nitrogens with one attached hydrogen (secondary N) is 1. The first kappa shape index (κ1) is 23.6. The van der Waals surface area contributed by atoms with Crippen LogP contribution in [0.2, 0.25) is 0 Å². The maximum absolute atomic E-state index is 12.7. The van der Waals surface area contributed by atoms with E-state index in [2.05, 4.69) is 5.32 Å². The van der Waals surface area contributed by atoms with Gasteiger partial charge in [0.15, 0.2) is 11.5 Å². The Hall–Kier alpha value is -2.10. The van der Waals surface area contributed by atoms with Gasteiger partial charge in [0, 0.05) is 19.6 Å². The molecule has 31 heavy (non-hydrogen) atoms. The van der Waals surface area contributed by atoms with Crippen molar-refractivity contribution in [3.63, 3.8) is 0 Å². The lowest BCUT2D eigenvalue weighted by Crippen LogP contribution is -2.45. The lowest BCUT2D eigenvalue weighted by molar-refractivity contribution is -0.126. The van der Waals surface area contributed by atoms with Crippen LogP contribution in [0.25, 0.3) is 0 Å². The topological polar surface area (TPSA) is 84.9 Å². The summed E-state index contributed by atoms with van der Waals surface area (Å²) in [7, 11) is -1.89. The molecule has 170 valence electrons. The molecular formula is C22H30N2O5S2. The number of benzene rings is 1. The average Bonchev–Trinajstić information content (AvgIpc) is 3.33. The van der Waals surface area contributed by atoms with E-state index in [1.54, 1.807) is 24.6 Å². The van der Waals surface area contributed by atoms with E-state index in [1.165, 1.54) is 15.6 Å². The van der Waals surface area contributed by atoms with E-state index >= 15 is 0 Å². The number of amides is 1. The number of thiophene rings is 1. The molecule has 0 radical (unpaired) electrons. The van der Waals surface area contributed by atoms with Gasteiger partial charge in [-0.2, -0.15) is 4.31 Å². The lowest BCUT2D eigenvalue weighted by Gasteiger charge is -2.30. The summed E-state index contributed by atoms with van der Waals surface area (Å²) in [6, 6.07) is 9.21. The van der Waals surface area contributed by atoms with Crippen molar-refractivity contribution in [1.82, 2.24) is 9.62 Å². The second kappa shape index (κ2) is 11.0. The predicted molar refractivity (Wildman–Crippen MR) is 121 cm³/mol. The van der Waals surface area contributed by atoms with E-state index in [1.807, 2.05) is 25.1 Å². The molecule has 0 spiro atoms. The van der Waals surface area contributed by atoms with Gasteiger partial charge >= 0.3 is 0 Å². The second-order valence-electron chi connectivity index (χ2n) is 7.45. The number of carbonyl (C=O) groups is 1. The van der Waals surface area contributed by atoms with Gasteiger partial charge in [0.05, 0.1) is 19.6 Å². The van der Waals surface area contributed by atoms with Crippen molar-refractivity contribution in [2.24, 2.45) is 5.92 Å². The van der Waals surface area contributed by atoms with E-state index in [9.17, 15) is 13.2 Å². The number of ether oxygens (including phenoxy) is 2. The highest BCUT2D eigenvalue weighted by atomic mass is 32.2. The van der Waals surface area contributed by atoms with Gasteiger partial charge in [0.1, 0.15) is 4.21 Å². The van der Waals surface area contributed by atoms with Crippen LogP contribution in [0.4, 0.5) is 0 Å². The summed E-state index contributed by atoms with van der Waals surface area (Å²) in [5, 5.41) is 4.73. The van der Waals surface area contributed by atoms with Crippen LogP contribution in [0.1, 0.15) is 31.7 Å². The van der Waals surface area contributed by atoms with Crippen LogP contribution in [0, 0.1) is 5.92 Å². The largest absolute Gasteiger partial charge is 0.493 e. The van der Waals surface area contributed by atoms with E-state index < -0.39 is 10.0 Å². The molecule has 1 aliphatic rings. The number of hydrogen-bond donors (Lipinski definition) is 1. The number of sulfonamides is 1. The first-order valence-electron chi connectivity index (χ1n) is 10.6. The summed E-state index contributed by atoms with van der Waals surface area (Å²) >= 11 is 1.21. The molecule has 3 rings (SSSR count). The van der Waals surface area contributed by atoms with Gasteiger partial charge in [0.2, 0.25) is 5.91 Å². The van der Waals surface area contributed by atoms with Gasteiger partial charge < -0.3 is 14.8 Å². The molecule has 1 fully saturated rings. The Balaban J connectivity index is 1.47. The average molecular weight is 467 g/mol. The van der Waals surface area contributed by atoms with Crippen molar-refractivity contribution in [3.05, 3.63) is 41.3 Å². The zero-order valence-electron chi connectivity index (χ0n) is 18.0. The Labute approximate surface area is 188 Å². The number of nitrogens with zero attached hydrogens (tertiary/aromatic N) is 1. The number of rotatable bonds is 10. The Morgan fingerprint density at radius 2 is 2.13 bits per heavy atom. The van der Waals surface area contributed by atoms with Gasteiger partial charge in [-0.25, -0.2) is 8.42 Å². The van der Waals surface area contributed by atoms with Crippen molar-refractivity contribution in [2.45, 2.75) is 36.8 Å². The Morgan fingerprint density at radius 1 is 1.29 bits per heavy atom. The third kappa shape index (κ3) is 5.99. The van der Waals surface area contributed by atoms with Crippen LogP contribution in [-0.4, -0.2) is 52.0 Å². The fourth-order valence-corrected chi connectivity index (χ4v) is 6.37. The van der Waals surface area contributed by atoms with Crippen molar-refractivity contribution in [1.29, 1.82) is 0 Å². The maximum Gasteiger partial charge on any atom is 0.252 e. The Kier molecular flexibility index (Phi) is 8.34. The standard InChI is InChI=1S/C22H30N2O5S2/c1-3-29-19-11-10-17(15-20(19)28-2)7-4-12-23-22(25)18-8-5-13-24(16-18)31(26,27)21-9-6-14-30-21/h6,9-11,14-15,18H,3-5,7-8,12-13,16H2,1-2H3,(H,23,25)/t18-/m1/s1. The fraction of sp³-hybridized carbons (Fsp3) is 0.500. The Bertz CT molecular complexity index is 960. The normalized spacial score (nSPS) is 17.3. The van der Waals surface area contributed by atoms with Crippen LogP contribution in [0.5, 0.6) is 11.5 Å². The molecule has 1 aromatic carbocycles. The highest BCUT2D eigenvalue weighted by molar-refractivity contribution is 7.91. The number of methoxy groups -OCH3 is 1. The van der Waals surface area contributed by atoms with Gasteiger partial charge in [0.25, 0.3) is 10.0 Å². The molecule has 0 bridgehead atoms. The SMILES string of the molecule is CCOc1ccc(CCCNC(=O)[C@@H]2CCCN(S(=O)(=O)c3cccs3)C2)cc1OC. The molecule has 1 amide bonds. The molecule has 0 saturated carbocycles. The van der Waals surface area contributed by atoms with Crippen molar-refractivity contribution in [3.8, 4) is 11.5 Å². The first-order chi connectivity index (χ1) is 15.0. The zero-order chi connectivity index (χ0) is 22.3. The number of piperidine rings is 1. The van der Waals surface area contributed by atoms with E-state index in [0.717, 1.165) is 24.2 Å². The van der Waals surface area contributed by atoms with Crippen molar-refractivity contribution in [2.75, 3.05) is 33.4 Å². The maximum atomic E-state index is 12.7. The third-order valence-corrected chi connectivity index (χ3v) is 8.55. The molecule has 1 aliphatic heterocycles. The van der Waals surface area contributed by atoms with Crippen LogP contribution in [0.3, 0.4) is 0 Å². The molecule has 2 heterocycles. The minimum Gasteiger partial charge on any atom is -0.493 e. The quantitative estimate of drug-likeness (QED) is 0.543. The fourth-order valence-electron chi connectivity index (χ4n) is 3.70. The number of aryl methyl sites for hydroxylation is 1. The lowest BCUT2D eigenvalue weighted by atomic mass is 9.99. The van der Waals surface area contributed by atoms with E-state index in [-0.39, 0.29) is 18.4 Å². The summed E-state index contributed by atoms with van der Waals surface area (Å²) in [6.07, 6.45) is 2.98. The molecule has 2 aromatic rings. The Morgan fingerprint density at radius 3 is 2.84 bits per heavy atom. The molecule has 9 heteroatoms. The molecule has 0 aliphatic carbocycles. The summed E-state index contributed by atoms with van der Waals surface area (Å²) in [5.41, 5.74) is 1.11. The molecule has 7 nitrogen and oxygen atoms in total. The minimum atomic E-state index is -3.51. The molecular weight excluding hydrogens is 436 g/mol. The van der Waals surface area contributed by atoms with E-state index in [4.69, 9.17) is 9.47 Å². The summed E-state index contributed by atoms with van der Waals surface area (Å²) in [4.78, 5) is 12.6. The summed E-state index contributed by atoms with van der Waals surface area (Å²) in [6.45, 7) is 3.75. The molecule has 0 unspecified atom stereocenters. The second-order valence-corrected chi connectivity index (χ2v) is 10.6. The molecule has 1 saturated heterocycles. The number of carbonyl (C=O) groups excluding carboxylic acids is 1. The predicted octanol–water partition coefficient (Wildman–Crippen LogP) is 3.31. The molecule has 1 atom stereocenters. The van der Waals surface area contributed by atoms with Crippen molar-refractivity contribution < 1.29 is 22.7 Å². The van der Waals surface area contributed by atoms with Crippen LogP contribution >= 0.6 is 11.3 Å². The highest BCUT2D eigenvalue weighted by Crippen LogP contribution is 2.29. The minimum absolute atomic E-state index is 0.0737. The first-order valence-corrected chi connectivity index (χ1v) is 12.9. The number of hydrogen-bond acceptors (Lipinski definition) is 6. The van der Waals surface area contributed by atoms with Gasteiger partial charge in [-0.1, -0.05) is 12.1 Å². The smallest absolute Gasteiger partial charge is 0.252 e. The van der Waals surface area contributed by atoms with Gasteiger partial charge in [-0.05, 0) is 61.7 Å². The third-order valence-electron chi connectivity index (χ3n) is 5.31. The van der Waals surface area contributed by atoms with Gasteiger partial charge in [-0.15, -0.1) is 11.3 Å². The van der Waals surface area contributed by atoms with Crippen LogP contribution < -0.4 is 14.8 Å². The van der Waals surface area contributed by atoms with Gasteiger partial charge in [-0.3, -0.25) is 4.79 Å². The van der Waals surface area contributed by atoms with E-state index in [0.29, 0.717) is 42.5 Å². The van der Waals surface area contributed by atoms with Crippen LogP contribution in [-0.2, 0) is 21.2 Å². The zero-order valence-corrected chi connectivity index (χ0v) is 19.6. The highest BCUT2D eigenvalue weighted by Gasteiger charge is 2.33.